The Labute approximate surface area is 109 Å². The van der Waals surface area contributed by atoms with Crippen molar-refractivity contribution in [3.63, 3.8) is 0 Å². The Bertz CT molecular complexity index is 405. The van der Waals surface area contributed by atoms with Gasteiger partial charge in [-0.1, -0.05) is 11.6 Å². The van der Waals surface area contributed by atoms with Crippen molar-refractivity contribution in [2.24, 2.45) is 0 Å². The zero-order valence-corrected chi connectivity index (χ0v) is 12.1. The Hall–Kier alpha value is -0.770. The van der Waals surface area contributed by atoms with E-state index in [4.69, 9.17) is 16.3 Å². The number of hydrogen-bond acceptors (Lipinski definition) is 3. The first-order chi connectivity index (χ1) is 7.93. The minimum Gasteiger partial charge on any atom is -0.496 e. The third-order valence-corrected chi connectivity index (χ3v) is 3.56. The van der Waals surface area contributed by atoms with Crippen molar-refractivity contribution in [3.05, 3.63) is 27.8 Å². The summed E-state index contributed by atoms with van der Waals surface area (Å²) in [6.07, 6.45) is 0.0862. The van der Waals surface area contributed by atoms with Gasteiger partial charge in [-0.2, -0.15) is 0 Å². The molecule has 0 saturated carbocycles. The maximum atomic E-state index is 6.32. The van der Waals surface area contributed by atoms with Gasteiger partial charge < -0.3 is 10.1 Å². The Balaban J connectivity index is 3.44. The van der Waals surface area contributed by atoms with Crippen LogP contribution in [0, 0.1) is 13.8 Å². The summed E-state index contributed by atoms with van der Waals surface area (Å²) >= 11 is 6.32. The molecule has 0 radical (unpaired) electrons. The summed E-state index contributed by atoms with van der Waals surface area (Å²) in [5, 5.41) is 4.08. The van der Waals surface area contributed by atoms with Crippen LogP contribution in [0.5, 0.6) is 5.75 Å². The first kappa shape index (κ1) is 14.3. The molecule has 96 valence electrons. The van der Waals surface area contributed by atoms with E-state index in [0.29, 0.717) is 0 Å². The van der Waals surface area contributed by atoms with Crippen LogP contribution in [0.4, 0.5) is 0 Å². The van der Waals surface area contributed by atoms with E-state index >= 15 is 0 Å². The van der Waals surface area contributed by atoms with Crippen LogP contribution in [0.2, 0.25) is 5.02 Å². The van der Waals surface area contributed by atoms with Gasteiger partial charge in [0.1, 0.15) is 5.75 Å². The summed E-state index contributed by atoms with van der Waals surface area (Å²) in [6.45, 7) is 4.02. The predicted molar refractivity (Wildman–Crippen MR) is 73.0 cm³/mol. The molecule has 1 N–H and O–H groups in total. The van der Waals surface area contributed by atoms with Gasteiger partial charge in [0, 0.05) is 10.6 Å². The van der Waals surface area contributed by atoms with E-state index in [2.05, 4.69) is 10.2 Å². The fourth-order valence-electron chi connectivity index (χ4n) is 2.11. The second kappa shape index (κ2) is 5.71. The van der Waals surface area contributed by atoms with Crippen LogP contribution in [0.25, 0.3) is 0 Å². The normalized spacial score (nSPS) is 12.9. The van der Waals surface area contributed by atoms with Crippen molar-refractivity contribution in [2.75, 3.05) is 28.3 Å². The third kappa shape index (κ3) is 2.73. The monoisotopic (exact) mass is 256 g/mol. The van der Waals surface area contributed by atoms with Gasteiger partial charge in [-0.05, 0) is 52.2 Å². The van der Waals surface area contributed by atoms with Crippen molar-refractivity contribution < 1.29 is 4.74 Å². The Morgan fingerprint density at radius 1 is 1.35 bits per heavy atom. The largest absolute Gasteiger partial charge is 0.496 e. The van der Waals surface area contributed by atoms with E-state index in [9.17, 15) is 0 Å². The number of aryl methyl sites for hydroxylation is 1. The summed E-state index contributed by atoms with van der Waals surface area (Å²) in [4.78, 5) is 2.09. The molecule has 0 aliphatic rings. The molecule has 0 aliphatic carbocycles. The fourth-order valence-corrected chi connectivity index (χ4v) is 2.26. The molecule has 0 amide bonds. The SMILES string of the molecule is CNC(c1c(OC)cc(C)c(Cl)c1C)N(C)C. The number of rotatable bonds is 4. The van der Waals surface area contributed by atoms with Crippen LogP contribution >= 0.6 is 11.6 Å². The number of nitrogens with one attached hydrogen (secondary N) is 1. The predicted octanol–water partition coefficient (Wildman–Crippen LogP) is 2.75. The highest BCUT2D eigenvalue weighted by Crippen LogP contribution is 2.36. The summed E-state index contributed by atoms with van der Waals surface area (Å²) in [6, 6.07) is 1.98. The second-order valence-corrected chi connectivity index (χ2v) is 4.78. The number of halogens is 1. The number of methoxy groups -OCH3 is 1. The molecule has 1 unspecified atom stereocenters. The van der Waals surface area contributed by atoms with Gasteiger partial charge in [-0.3, -0.25) is 4.90 Å². The van der Waals surface area contributed by atoms with E-state index < -0.39 is 0 Å². The molecule has 0 aromatic heterocycles. The molecule has 1 atom stereocenters. The van der Waals surface area contributed by atoms with Crippen molar-refractivity contribution in [3.8, 4) is 5.75 Å². The van der Waals surface area contributed by atoms with E-state index in [1.54, 1.807) is 7.11 Å². The van der Waals surface area contributed by atoms with E-state index in [0.717, 1.165) is 27.5 Å². The molecule has 1 aromatic rings. The molecule has 1 aromatic carbocycles. The quantitative estimate of drug-likeness (QED) is 0.839. The van der Waals surface area contributed by atoms with Crippen LogP contribution in [-0.4, -0.2) is 33.2 Å². The molecular formula is C13H21ClN2O. The number of ether oxygens (including phenoxy) is 1. The van der Waals surface area contributed by atoms with Gasteiger partial charge in [0.05, 0.1) is 13.3 Å². The highest BCUT2D eigenvalue weighted by atomic mass is 35.5. The summed E-state index contributed by atoms with van der Waals surface area (Å²) in [5.41, 5.74) is 3.20. The van der Waals surface area contributed by atoms with Crippen molar-refractivity contribution in [1.29, 1.82) is 0 Å². The zero-order chi connectivity index (χ0) is 13.2. The number of benzene rings is 1. The van der Waals surface area contributed by atoms with Crippen LogP contribution in [0.1, 0.15) is 22.9 Å². The molecule has 17 heavy (non-hydrogen) atoms. The van der Waals surface area contributed by atoms with E-state index in [-0.39, 0.29) is 6.17 Å². The average molecular weight is 257 g/mol. The minimum absolute atomic E-state index is 0.0862. The highest BCUT2D eigenvalue weighted by molar-refractivity contribution is 6.32. The number of nitrogens with zero attached hydrogens (tertiary/aromatic N) is 1. The van der Waals surface area contributed by atoms with Crippen LogP contribution < -0.4 is 10.1 Å². The van der Waals surface area contributed by atoms with Gasteiger partial charge in [0.15, 0.2) is 0 Å². The lowest BCUT2D eigenvalue weighted by atomic mass is 10.0. The molecule has 0 fully saturated rings. The smallest absolute Gasteiger partial charge is 0.125 e. The van der Waals surface area contributed by atoms with Gasteiger partial charge >= 0.3 is 0 Å². The average Bonchev–Trinajstić information content (AvgIpc) is 2.29. The lowest BCUT2D eigenvalue weighted by Crippen LogP contribution is -2.31. The summed E-state index contributed by atoms with van der Waals surface area (Å²) < 4.78 is 5.47. The Kier molecular flexibility index (Phi) is 4.80. The van der Waals surface area contributed by atoms with Crippen molar-refractivity contribution in [1.82, 2.24) is 10.2 Å². The molecule has 4 heteroatoms. The standard InChI is InChI=1S/C13H21ClN2O/c1-8-7-10(17-6)11(9(2)12(8)14)13(15-3)16(4)5/h7,13,15H,1-6H3. The molecule has 0 heterocycles. The lowest BCUT2D eigenvalue weighted by molar-refractivity contribution is 0.255. The van der Waals surface area contributed by atoms with E-state index in [1.165, 1.54) is 0 Å². The van der Waals surface area contributed by atoms with Crippen LogP contribution in [-0.2, 0) is 0 Å². The topological polar surface area (TPSA) is 24.5 Å². The molecule has 1 rings (SSSR count). The third-order valence-electron chi connectivity index (χ3n) is 2.98. The number of hydrogen-bond donors (Lipinski definition) is 1. The van der Waals surface area contributed by atoms with Crippen LogP contribution in [0.15, 0.2) is 6.07 Å². The molecule has 0 saturated heterocycles. The van der Waals surface area contributed by atoms with Crippen molar-refractivity contribution >= 4 is 11.6 Å². The summed E-state index contributed by atoms with van der Waals surface area (Å²) in [7, 11) is 7.66. The molecular weight excluding hydrogens is 236 g/mol. The fraction of sp³-hybridized carbons (Fsp3) is 0.538. The van der Waals surface area contributed by atoms with Gasteiger partial charge in [-0.25, -0.2) is 0 Å². The van der Waals surface area contributed by atoms with Gasteiger partial charge in [0.25, 0.3) is 0 Å². The van der Waals surface area contributed by atoms with Crippen molar-refractivity contribution in [2.45, 2.75) is 20.0 Å². The summed E-state index contributed by atoms with van der Waals surface area (Å²) in [5.74, 6) is 0.873. The first-order valence-corrected chi connectivity index (χ1v) is 5.99. The van der Waals surface area contributed by atoms with Crippen LogP contribution in [0.3, 0.4) is 0 Å². The zero-order valence-electron chi connectivity index (χ0n) is 11.4. The molecule has 0 spiro atoms. The molecule has 0 aliphatic heterocycles. The molecule has 3 nitrogen and oxygen atoms in total. The maximum absolute atomic E-state index is 6.32. The second-order valence-electron chi connectivity index (χ2n) is 4.40. The van der Waals surface area contributed by atoms with Gasteiger partial charge in [-0.15, -0.1) is 0 Å². The molecule has 0 bridgehead atoms. The highest BCUT2D eigenvalue weighted by Gasteiger charge is 2.21. The Morgan fingerprint density at radius 2 is 1.94 bits per heavy atom. The first-order valence-electron chi connectivity index (χ1n) is 5.61. The van der Waals surface area contributed by atoms with Gasteiger partial charge in [0.2, 0.25) is 0 Å². The lowest BCUT2D eigenvalue weighted by Gasteiger charge is -2.28. The minimum atomic E-state index is 0.0862. The Morgan fingerprint density at radius 3 is 2.35 bits per heavy atom. The van der Waals surface area contributed by atoms with E-state index in [1.807, 2.05) is 41.1 Å². The maximum Gasteiger partial charge on any atom is 0.125 e.